The first-order valence-corrected chi connectivity index (χ1v) is 3.76. The van der Waals surface area contributed by atoms with Gasteiger partial charge < -0.3 is 4.74 Å². The number of rotatable bonds is 4. The third-order valence-corrected chi connectivity index (χ3v) is 1.38. The van der Waals surface area contributed by atoms with Crippen LogP contribution in [0.2, 0.25) is 0 Å². The molecular formula is C8H13NO2. The summed E-state index contributed by atoms with van der Waals surface area (Å²) in [7, 11) is 0. The van der Waals surface area contributed by atoms with Gasteiger partial charge in [-0.3, -0.25) is 4.79 Å². The van der Waals surface area contributed by atoms with Crippen LogP contribution >= 0.6 is 0 Å². The molecule has 0 heterocycles. The summed E-state index contributed by atoms with van der Waals surface area (Å²) in [6.07, 6.45) is 1.01. The van der Waals surface area contributed by atoms with E-state index in [9.17, 15) is 4.79 Å². The topological polar surface area (TPSA) is 50.1 Å². The van der Waals surface area contributed by atoms with Gasteiger partial charge in [-0.05, 0) is 13.3 Å². The Labute approximate surface area is 67.0 Å². The van der Waals surface area contributed by atoms with Crippen molar-refractivity contribution in [2.45, 2.75) is 26.7 Å². The summed E-state index contributed by atoms with van der Waals surface area (Å²) in [5, 5.41) is 8.22. The summed E-state index contributed by atoms with van der Waals surface area (Å²) >= 11 is 0. The van der Waals surface area contributed by atoms with Crippen molar-refractivity contribution in [1.82, 2.24) is 0 Å². The minimum absolute atomic E-state index is 0.144. The number of hydrogen-bond donors (Lipinski definition) is 0. The molecule has 0 aromatic rings. The van der Waals surface area contributed by atoms with Crippen LogP contribution in [0.25, 0.3) is 0 Å². The van der Waals surface area contributed by atoms with E-state index in [1.54, 1.807) is 13.8 Å². The van der Waals surface area contributed by atoms with Crippen molar-refractivity contribution >= 4 is 5.97 Å². The van der Waals surface area contributed by atoms with Crippen LogP contribution in [0.1, 0.15) is 26.7 Å². The number of hydrogen-bond acceptors (Lipinski definition) is 3. The van der Waals surface area contributed by atoms with Crippen LogP contribution in [0.3, 0.4) is 0 Å². The fourth-order valence-corrected chi connectivity index (χ4v) is 0.683. The molecule has 0 bridgehead atoms. The molecule has 0 amide bonds. The Kier molecular flexibility index (Phi) is 5.18. The Balaban J connectivity index is 3.57. The van der Waals surface area contributed by atoms with Crippen LogP contribution in [0.4, 0.5) is 0 Å². The Morgan fingerprint density at radius 1 is 1.73 bits per heavy atom. The first kappa shape index (κ1) is 9.96. The van der Waals surface area contributed by atoms with Crippen LogP contribution in [0.15, 0.2) is 0 Å². The molecule has 0 saturated carbocycles. The molecule has 0 spiro atoms. The molecule has 3 nitrogen and oxygen atoms in total. The second-order valence-corrected chi connectivity index (χ2v) is 2.35. The zero-order valence-electron chi connectivity index (χ0n) is 6.96. The Morgan fingerprint density at radius 3 is 2.82 bits per heavy atom. The third kappa shape index (κ3) is 4.38. The summed E-state index contributed by atoms with van der Waals surface area (Å²) in [5.74, 6) is -0.350. The van der Waals surface area contributed by atoms with Crippen LogP contribution < -0.4 is 0 Å². The molecule has 0 aliphatic rings. The smallest absolute Gasteiger partial charge is 0.308 e. The first-order valence-electron chi connectivity index (χ1n) is 3.76. The molecule has 0 aromatic carbocycles. The SMILES string of the molecule is CCOC(=O)[C@@H](C)CCC#N. The van der Waals surface area contributed by atoms with Crippen LogP contribution in [-0.4, -0.2) is 12.6 Å². The highest BCUT2D eigenvalue weighted by Crippen LogP contribution is 2.06. The molecule has 0 aliphatic carbocycles. The molecule has 0 unspecified atom stereocenters. The first-order chi connectivity index (χ1) is 5.22. The molecule has 0 N–H and O–H groups in total. The van der Waals surface area contributed by atoms with Gasteiger partial charge in [-0.25, -0.2) is 0 Å². The van der Waals surface area contributed by atoms with Gasteiger partial charge in [0.2, 0.25) is 0 Å². The van der Waals surface area contributed by atoms with E-state index in [-0.39, 0.29) is 11.9 Å². The van der Waals surface area contributed by atoms with Crippen molar-refractivity contribution < 1.29 is 9.53 Å². The van der Waals surface area contributed by atoms with Crippen molar-refractivity contribution in [2.75, 3.05) is 6.61 Å². The molecular weight excluding hydrogens is 142 g/mol. The van der Waals surface area contributed by atoms with Crippen LogP contribution in [0, 0.1) is 17.2 Å². The van der Waals surface area contributed by atoms with E-state index < -0.39 is 0 Å². The number of nitriles is 1. The standard InChI is InChI=1S/C8H13NO2/c1-3-11-8(10)7(2)5-4-6-9/h7H,3-5H2,1-2H3/t7-/m0/s1. The van der Waals surface area contributed by atoms with E-state index in [1.807, 2.05) is 6.07 Å². The monoisotopic (exact) mass is 155 g/mol. The third-order valence-electron chi connectivity index (χ3n) is 1.38. The second-order valence-electron chi connectivity index (χ2n) is 2.35. The van der Waals surface area contributed by atoms with Crippen molar-refractivity contribution in [1.29, 1.82) is 5.26 Å². The molecule has 62 valence electrons. The maximum atomic E-state index is 10.9. The van der Waals surface area contributed by atoms with Gasteiger partial charge in [0.05, 0.1) is 18.6 Å². The molecule has 11 heavy (non-hydrogen) atoms. The maximum Gasteiger partial charge on any atom is 0.308 e. The number of ether oxygens (including phenoxy) is 1. The summed E-state index contributed by atoms with van der Waals surface area (Å²) in [4.78, 5) is 10.9. The normalized spacial score (nSPS) is 11.7. The van der Waals surface area contributed by atoms with Crippen LogP contribution in [-0.2, 0) is 9.53 Å². The van der Waals surface area contributed by atoms with E-state index in [4.69, 9.17) is 10.00 Å². The maximum absolute atomic E-state index is 10.9. The quantitative estimate of drug-likeness (QED) is 0.578. The molecule has 0 saturated heterocycles. The Hall–Kier alpha value is -1.04. The fraction of sp³-hybridized carbons (Fsp3) is 0.750. The van der Waals surface area contributed by atoms with Crippen molar-refractivity contribution in [3.8, 4) is 6.07 Å². The van der Waals surface area contributed by atoms with Gasteiger partial charge in [0.15, 0.2) is 0 Å². The van der Waals surface area contributed by atoms with Gasteiger partial charge in [-0.1, -0.05) is 6.92 Å². The lowest BCUT2D eigenvalue weighted by Gasteiger charge is -2.06. The predicted octanol–water partition coefficient (Wildman–Crippen LogP) is 1.49. The van der Waals surface area contributed by atoms with E-state index in [0.717, 1.165) is 0 Å². The molecule has 0 fully saturated rings. The summed E-state index contributed by atoms with van der Waals surface area (Å²) in [5.41, 5.74) is 0. The Morgan fingerprint density at radius 2 is 2.36 bits per heavy atom. The van der Waals surface area contributed by atoms with Gasteiger partial charge in [0, 0.05) is 6.42 Å². The van der Waals surface area contributed by atoms with E-state index in [1.165, 1.54) is 0 Å². The summed E-state index contributed by atoms with van der Waals surface area (Å²) in [6.45, 7) is 3.96. The Bertz CT molecular complexity index is 160. The average Bonchev–Trinajstić information content (AvgIpc) is 2.00. The molecule has 0 rings (SSSR count). The minimum atomic E-state index is -0.206. The molecule has 0 aliphatic heterocycles. The lowest BCUT2D eigenvalue weighted by Crippen LogP contribution is -2.14. The van der Waals surface area contributed by atoms with Crippen LogP contribution in [0.5, 0.6) is 0 Å². The lowest BCUT2D eigenvalue weighted by atomic mass is 10.1. The minimum Gasteiger partial charge on any atom is -0.466 e. The van der Waals surface area contributed by atoms with E-state index >= 15 is 0 Å². The van der Waals surface area contributed by atoms with E-state index in [2.05, 4.69) is 0 Å². The fourth-order valence-electron chi connectivity index (χ4n) is 0.683. The van der Waals surface area contributed by atoms with Crippen molar-refractivity contribution in [3.05, 3.63) is 0 Å². The van der Waals surface area contributed by atoms with Gasteiger partial charge >= 0.3 is 5.97 Å². The molecule has 0 aromatic heterocycles. The number of esters is 1. The number of carbonyl (C=O) groups excluding carboxylic acids is 1. The van der Waals surface area contributed by atoms with Gasteiger partial charge in [-0.15, -0.1) is 0 Å². The second kappa shape index (κ2) is 5.72. The summed E-state index contributed by atoms with van der Waals surface area (Å²) < 4.78 is 4.75. The van der Waals surface area contributed by atoms with Crippen molar-refractivity contribution in [3.63, 3.8) is 0 Å². The zero-order chi connectivity index (χ0) is 8.69. The largest absolute Gasteiger partial charge is 0.466 e. The molecule has 3 heteroatoms. The predicted molar refractivity (Wildman–Crippen MR) is 40.6 cm³/mol. The molecule has 1 atom stereocenters. The highest BCUT2D eigenvalue weighted by molar-refractivity contribution is 5.71. The highest BCUT2D eigenvalue weighted by atomic mass is 16.5. The summed E-state index contributed by atoms with van der Waals surface area (Å²) in [6, 6.07) is 1.99. The average molecular weight is 155 g/mol. The zero-order valence-corrected chi connectivity index (χ0v) is 6.96. The van der Waals surface area contributed by atoms with E-state index in [0.29, 0.717) is 19.4 Å². The number of nitrogens with zero attached hydrogens (tertiary/aromatic N) is 1. The molecule has 0 radical (unpaired) electrons. The van der Waals surface area contributed by atoms with Gasteiger partial charge in [0.1, 0.15) is 0 Å². The van der Waals surface area contributed by atoms with Gasteiger partial charge in [-0.2, -0.15) is 5.26 Å². The van der Waals surface area contributed by atoms with Gasteiger partial charge in [0.25, 0.3) is 0 Å². The van der Waals surface area contributed by atoms with Crippen molar-refractivity contribution in [2.24, 2.45) is 5.92 Å². The lowest BCUT2D eigenvalue weighted by molar-refractivity contribution is -0.147. The number of carbonyl (C=O) groups is 1. The highest BCUT2D eigenvalue weighted by Gasteiger charge is 2.12.